The van der Waals surface area contributed by atoms with Gasteiger partial charge in [0.15, 0.2) is 0 Å². The molecule has 0 aliphatic rings. The molecule has 1 aromatic carbocycles. The molecule has 1 unspecified atom stereocenters. The summed E-state index contributed by atoms with van der Waals surface area (Å²) in [6.45, 7) is 6.26. The lowest BCUT2D eigenvalue weighted by atomic mass is 9.86. The van der Waals surface area contributed by atoms with Gasteiger partial charge in [0, 0.05) is 3.57 Å². The normalized spacial score (nSPS) is 13.8. The van der Waals surface area contributed by atoms with Crippen LogP contribution in [-0.2, 0) is 6.42 Å². The average molecular weight is 332 g/mol. The van der Waals surface area contributed by atoms with Gasteiger partial charge < -0.3 is 5.11 Å². The Morgan fingerprint density at radius 1 is 1.19 bits per heavy atom. The van der Waals surface area contributed by atoms with Crippen molar-refractivity contribution < 1.29 is 5.11 Å². The maximum absolute atomic E-state index is 9.91. The summed E-state index contributed by atoms with van der Waals surface area (Å²) in [5.74, 6) is 0. The highest BCUT2D eigenvalue weighted by molar-refractivity contribution is 14.1. The predicted octanol–water partition coefficient (Wildman–Crippen LogP) is 4.02. The molecule has 0 spiro atoms. The van der Waals surface area contributed by atoms with E-state index in [1.54, 1.807) is 0 Å². The SMILES string of the molecule is CC(C)(C)C(O)CCCc1ccc(I)cc1. The van der Waals surface area contributed by atoms with Gasteiger partial charge in [-0.3, -0.25) is 0 Å². The lowest BCUT2D eigenvalue weighted by Crippen LogP contribution is -2.25. The average Bonchev–Trinajstić information content (AvgIpc) is 2.19. The van der Waals surface area contributed by atoms with Crippen molar-refractivity contribution in [2.24, 2.45) is 5.41 Å². The van der Waals surface area contributed by atoms with Crippen LogP contribution in [0.5, 0.6) is 0 Å². The van der Waals surface area contributed by atoms with E-state index in [2.05, 4.69) is 67.6 Å². The summed E-state index contributed by atoms with van der Waals surface area (Å²) in [4.78, 5) is 0. The molecular formula is C14H21IO. The highest BCUT2D eigenvalue weighted by Gasteiger charge is 2.21. The molecule has 2 heteroatoms. The quantitative estimate of drug-likeness (QED) is 0.826. The zero-order valence-electron chi connectivity index (χ0n) is 10.3. The first-order chi connectivity index (χ1) is 7.39. The second-order valence-corrected chi connectivity index (χ2v) is 6.65. The fourth-order valence-electron chi connectivity index (χ4n) is 1.58. The number of hydrogen-bond donors (Lipinski definition) is 1. The zero-order chi connectivity index (χ0) is 12.2. The molecule has 0 bridgehead atoms. The van der Waals surface area contributed by atoms with Gasteiger partial charge in [-0.05, 0) is 65.0 Å². The van der Waals surface area contributed by atoms with Gasteiger partial charge in [0.1, 0.15) is 0 Å². The van der Waals surface area contributed by atoms with E-state index in [4.69, 9.17) is 0 Å². The molecule has 0 amide bonds. The van der Waals surface area contributed by atoms with Crippen molar-refractivity contribution in [3.63, 3.8) is 0 Å². The van der Waals surface area contributed by atoms with E-state index in [-0.39, 0.29) is 11.5 Å². The van der Waals surface area contributed by atoms with Crippen molar-refractivity contribution in [3.8, 4) is 0 Å². The van der Waals surface area contributed by atoms with E-state index in [1.807, 2.05) is 0 Å². The summed E-state index contributed by atoms with van der Waals surface area (Å²) < 4.78 is 1.27. The maximum atomic E-state index is 9.91. The Hall–Kier alpha value is -0.0900. The van der Waals surface area contributed by atoms with Crippen LogP contribution in [-0.4, -0.2) is 11.2 Å². The summed E-state index contributed by atoms with van der Waals surface area (Å²) in [5, 5.41) is 9.91. The number of hydrogen-bond acceptors (Lipinski definition) is 1. The molecule has 0 aliphatic heterocycles. The smallest absolute Gasteiger partial charge is 0.0588 e. The third kappa shape index (κ3) is 4.83. The van der Waals surface area contributed by atoms with Gasteiger partial charge in [-0.1, -0.05) is 32.9 Å². The number of aliphatic hydroxyl groups excluding tert-OH is 1. The molecule has 0 heterocycles. The Bertz CT molecular complexity index is 311. The molecule has 0 radical (unpaired) electrons. The van der Waals surface area contributed by atoms with Gasteiger partial charge in [0.2, 0.25) is 0 Å². The van der Waals surface area contributed by atoms with Crippen LogP contribution in [0.4, 0.5) is 0 Å². The van der Waals surface area contributed by atoms with Crippen molar-refractivity contribution >= 4 is 22.6 Å². The predicted molar refractivity (Wildman–Crippen MR) is 77.6 cm³/mol. The largest absolute Gasteiger partial charge is 0.393 e. The van der Waals surface area contributed by atoms with Crippen molar-refractivity contribution in [1.82, 2.24) is 0 Å². The van der Waals surface area contributed by atoms with E-state index in [9.17, 15) is 5.11 Å². The summed E-state index contributed by atoms with van der Waals surface area (Å²) in [5.41, 5.74) is 1.37. The molecule has 0 saturated heterocycles. The lowest BCUT2D eigenvalue weighted by molar-refractivity contribution is 0.0540. The third-order valence-corrected chi connectivity index (χ3v) is 3.58. The van der Waals surface area contributed by atoms with Gasteiger partial charge in [-0.2, -0.15) is 0 Å². The van der Waals surface area contributed by atoms with Gasteiger partial charge in [-0.15, -0.1) is 0 Å². The van der Waals surface area contributed by atoms with Crippen LogP contribution >= 0.6 is 22.6 Å². The van der Waals surface area contributed by atoms with Crippen LogP contribution in [0.25, 0.3) is 0 Å². The maximum Gasteiger partial charge on any atom is 0.0588 e. The molecule has 1 atom stereocenters. The van der Waals surface area contributed by atoms with Gasteiger partial charge in [0.25, 0.3) is 0 Å². The Morgan fingerprint density at radius 2 is 1.75 bits per heavy atom. The van der Waals surface area contributed by atoms with Crippen LogP contribution in [0.1, 0.15) is 39.2 Å². The summed E-state index contributed by atoms with van der Waals surface area (Å²) in [6, 6.07) is 8.61. The standard InChI is InChI=1S/C14H21IO/c1-14(2,3)13(16)6-4-5-11-7-9-12(15)10-8-11/h7-10,13,16H,4-6H2,1-3H3. The molecule has 0 fully saturated rings. The summed E-state index contributed by atoms with van der Waals surface area (Å²) in [7, 11) is 0. The molecule has 0 saturated carbocycles. The van der Waals surface area contributed by atoms with Crippen LogP contribution in [0.15, 0.2) is 24.3 Å². The number of benzene rings is 1. The molecule has 1 N–H and O–H groups in total. The molecule has 1 aromatic rings. The van der Waals surface area contributed by atoms with Crippen LogP contribution < -0.4 is 0 Å². The third-order valence-electron chi connectivity index (χ3n) is 2.86. The fraction of sp³-hybridized carbons (Fsp3) is 0.571. The number of rotatable bonds is 4. The van der Waals surface area contributed by atoms with Crippen molar-refractivity contribution in [1.29, 1.82) is 0 Å². The van der Waals surface area contributed by atoms with E-state index < -0.39 is 0 Å². The monoisotopic (exact) mass is 332 g/mol. The topological polar surface area (TPSA) is 20.2 Å². The molecule has 90 valence electrons. The van der Waals surface area contributed by atoms with Gasteiger partial charge in [-0.25, -0.2) is 0 Å². The molecule has 0 aliphatic carbocycles. The Kier molecular flexibility index (Phi) is 5.25. The Labute approximate surface area is 112 Å². The van der Waals surface area contributed by atoms with E-state index >= 15 is 0 Å². The van der Waals surface area contributed by atoms with Crippen molar-refractivity contribution in [2.45, 2.75) is 46.1 Å². The van der Waals surface area contributed by atoms with Crippen LogP contribution in [0.3, 0.4) is 0 Å². The van der Waals surface area contributed by atoms with Crippen molar-refractivity contribution in [2.75, 3.05) is 0 Å². The molecule has 16 heavy (non-hydrogen) atoms. The van der Waals surface area contributed by atoms with E-state index in [1.165, 1.54) is 9.13 Å². The second-order valence-electron chi connectivity index (χ2n) is 5.40. The van der Waals surface area contributed by atoms with Crippen molar-refractivity contribution in [3.05, 3.63) is 33.4 Å². The first-order valence-electron chi connectivity index (χ1n) is 5.82. The molecular weight excluding hydrogens is 311 g/mol. The molecule has 1 rings (SSSR count). The number of aliphatic hydroxyl groups is 1. The zero-order valence-corrected chi connectivity index (χ0v) is 12.5. The van der Waals surface area contributed by atoms with E-state index in [0.29, 0.717) is 0 Å². The van der Waals surface area contributed by atoms with E-state index in [0.717, 1.165) is 19.3 Å². The Balaban J connectivity index is 2.33. The minimum atomic E-state index is -0.198. The highest BCUT2D eigenvalue weighted by Crippen LogP contribution is 2.23. The van der Waals surface area contributed by atoms with Gasteiger partial charge >= 0.3 is 0 Å². The minimum Gasteiger partial charge on any atom is -0.393 e. The van der Waals surface area contributed by atoms with Crippen LogP contribution in [0, 0.1) is 8.99 Å². The Morgan fingerprint density at radius 3 is 2.25 bits per heavy atom. The second kappa shape index (κ2) is 6.01. The van der Waals surface area contributed by atoms with Gasteiger partial charge in [0.05, 0.1) is 6.10 Å². The minimum absolute atomic E-state index is 0.00602. The number of halogens is 1. The highest BCUT2D eigenvalue weighted by atomic mass is 127. The summed E-state index contributed by atoms with van der Waals surface area (Å²) >= 11 is 2.32. The summed E-state index contributed by atoms with van der Waals surface area (Å²) in [6.07, 6.45) is 2.80. The molecule has 0 aromatic heterocycles. The first kappa shape index (κ1) is 14.0. The fourth-order valence-corrected chi connectivity index (χ4v) is 1.94. The van der Waals surface area contributed by atoms with Crippen LogP contribution in [0.2, 0.25) is 0 Å². The first-order valence-corrected chi connectivity index (χ1v) is 6.90. The number of aryl methyl sites for hydroxylation is 1. The molecule has 1 nitrogen and oxygen atoms in total. The lowest BCUT2D eigenvalue weighted by Gasteiger charge is -2.25.